The molecule has 0 radical (unpaired) electrons. The van der Waals surface area contributed by atoms with Gasteiger partial charge in [-0.3, -0.25) is 4.79 Å². The first-order chi connectivity index (χ1) is 10.3. The molecule has 0 saturated heterocycles. The molecule has 1 saturated carbocycles. The van der Waals surface area contributed by atoms with Crippen LogP contribution in [0.2, 0.25) is 0 Å². The molecule has 22 heavy (non-hydrogen) atoms. The van der Waals surface area contributed by atoms with Gasteiger partial charge in [-0.05, 0) is 49.8 Å². The Hall–Kier alpha value is -1.40. The highest BCUT2D eigenvalue weighted by molar-refractivity contribution is 7.90. The molecule has 1 aromatic rings. The molecule has 0 aromatic heterocycles. The molecular formula is C16H23NO4S. The Morgan fingerprint density at radius 2 is 2.09 bits per heavy atom. The molecule has 2 unspecified atom stereocenters. The second-order valence-corrected chi connectivity index (χ2v) is 8.02. The molecule has 2 N–H and O–H groups in total. The van der Waals surface area contributed by atoms with Crippen molar-refractivity contribution >= 4 is 15.7 Å². The van der Waals surface area contributed by atoms with Crippen molar-refractivity contribution in [3.8, 4) is 0 Å². The van der Waals surface area contributed by atoms with Crippen LogP contribution in [0.1, 0.15) is 41.6 Å². The molecule has 5 nitrogen and oxygen atoms in total. The van der Waals surface area contributed by atoms with E-state index in [1.165, 1.54) is 6.07 Å². The van der Waals surface area contributed by atoms with E-state index in [1.54, 1.807) is 19.1 Å². The Balaban J connectivity index is 2.16. The van der Waals surface area contributed by atoms with Crippen molar-refractivity contribution in [3.63, 3.8) is 0 Å². The van der Waals surface area contributed by atoms with E-state index >= 15 is 0 Å². The smallest absolute Gasteiger partial charge is 0.251 e. The molecule has 1 aliphatic rings. The number of aliphatic hydroxyl groups is 1. The van der Waals surface area contributed by atoms with Gasteiger partial charge in [0.15, 0.2) is 9.84 Å². The summed E-state index contributed by atoms with van der Waals surface area (Å²) >= 11 is 0. The highest BCUT2D eigenvalue weighted by Gasteiger charge is 2.28. The van der Waals surface area contributed by atoms with Crippen LogP contribution in [0, 0.1) is 12.8 Å². The monoisotopic (exact) mass is 325 g/mol. The Morgan fingerprint density at radius 1 is 1.36 bits per heavy atom. The van der Waals surface area contributed by atoms with Crippen molar-refractivity contribution < 1.29 is 18.3 Å². The van der Waals surface area contributed by atoms with Crippen LogP contribution in [0.3, 0.4) is 0 Å². The van der Waals surface area contributed by atoms with Gasteiger partial charge < -0.3 is 10.4 Å². The van der Waals surface area contributed by atoms with Crippen LogP contribution in [0.25, 0.3) is 0 Å². The summed E-state index contributed by atoms with van der Waals surface area (Å²) in [7, 11) is -3.35. The van der Waals surface area contributed by atoms with Crippen LogP contribution in [-0.2, 0) is 9.84 Å². The number of carbonyl (C=O) groups excluding carboxylic acids is 1. The maximum Gasteiger partial charge on any atom is 0.251 e. The molecule has 1 aliphatic carbocycles. The Bertz CT molecular complexity index is 654. The first kappa shape index (κ1) is 17.0. The maximum absolute atomic E-state index is 12.4. The third kappa shape index (κ3) is 3.87. The normalized spacial score (nSPS) is 21.8. The lowest BCUT2D eigenvalue weighted by Gasteiger charge is -2.20. The third-order valence-corrected chi connectivity index (χ3v) is 5.56. The van der Waals surface area contributed by atoms with Gasteiger partial charge in [0.2, 0.25) is 0 Å². The molecule has 0 heterocycles. The molecular weight excluding hydrogens is 302 g/mol. The highest BCUT2D eigenvalue weighted by Crippen LogP contribution is 2.28. The number of hydrogen-bond donors (Lipinski definition) is 2. The van der Waals surface area contributed by atoms with Gasteiger partial charge in [-0.25, -0.2) is 8.42 Å². The van der Waals surface area contributed by atoms with Gasteiger partial charge in [-0.15, -0.1) is 0 Å². The van der Waals surface area contributed by atoms with Crippen LogP contribution in [0.4, 0.5) is 0 Å². The summed E-state index contributed by atoms with van der Waals surface area (Å²) in [5.74, 6) is 0.0496. The largest absolute Gasteiger partial charge is 0.396 e. The lowest BCUT2D eigenvalue weighted by molar-refractivity contribution is 0.0923. The van der Waals surface area contributed by atoms with Crippen LogP contribution in [0.15, 0.2) is 23.1 Å². The van der Waals surface area contributed by atoms with E-state index in [0.29, 0.717) is 23.5 Å². The SMILES string of the molecule is Cc1ccc(C(=O)NC2CCCC2CCO)cc1S(C)(=O)=O. The van der Waals surface area contributed by atoms with Gasteiger partial charge in [0, 0.05) is 24.5 Å². The number of aryl methyl sites for hydroxylation is 1. The summed E-state index contributed by atoms with van der Waals surface area (Å²) in [6.45, 7) is 1.84. The molecule has 0 bridgehead atoms. The third-order valence-electron chi connectivity index (χ3n) is 4.33. The minimum atomic E-state index is -3.35. The first-order valence-electron chi connectivity index (χ1n) is 7.55. The van der Waals surface area contributed by atoms with Crippen LogP contribution in [-0.4, -0.2) is 38.3 Å². The zero-order valence-corrected chi connectivity index (χ0v) is 13.8. The first-order valence-corrected chi connectivity index (χ1v) is 9.44. The number of rotatable bonds is 5. The van der Waals surface area contributed by atoms with Crippen molar-refractivity contribution in [2.75, 3.05) is 12.9 Å². The summed E-state index contributed by atoms with van der Waals surface area (Å²) in [6, 6.07) is 4.80. The van der Waals surface area contributed by atoms with E-state index in [-0.39, 0.29) is 23.5 Å². The number of aliphatic hydroxyl groups excluding tert-OH is 1. The average molecular weight is 325 g/mol. The summed E-state index contributed by atoms with van der Waals surface area (Å²) < 4.78 is 23.5. The summed E-state index contributed by atoms with van der Waals surface area (Å²) in [5, 5.41) is 12.1. The summed E-state index contributed by atoms with van der Waals surface area (Å²) in [6.07, 6.45) is 4.78. The second-order valence-electron chi connectivity index (χ2n) is 6.04. The number of sulfone groups is 1. The Labute approximate surface area is 131 Å². The fraction of sp³-hybridized carbons (Fsp3) is 0.562. The van der Waals surface area contributed by atoms with Crippen molar-refractivity contribution in [2.45, 2.75) is 43.5 Å². The van der Waals surface area contributed by atoms with E-state index in [9.17, 15) is 13.2 Å². The highest BCUT2D eigenvalue weighted by atomic mass is 32.2. The zero-order chi connectivity index (χ0) is 16.3. The average Bonchev–Trinajstić information content (AvgIpc) is 2.85. The molecule has 6 heteroatoms. The predicted molar refractivity (Wildman–Crippen MR) is 84.6 cm³/mol. The van der Waals surface area contributed by atoms with Gasteiger partial charge >= 0.3 is 0 Å². The lowest BCUT2D eigenvalue weighted by Crippen LogP contribution is -2.37. The van der Waals surface area contributed by atoms with Crippen molar-refractivity contribution in [1.29, 1.82) is 0 Å². The topological polar surface area (TPSA) is 83.5 Å². The van der Waals surface area contributed by atoms with Gasteiger partial charge in [0.25, 0.3) is 5.91 Å². The minimum absolute atomic E-state index is 0.0580. The number of amides is 1. The fourth-order valence-corrected chi connectivity index (χ4v) is 4.12. The van der Waals surface area contributed by atoms with Crippen molar-refractivity contribution in [2.24, 2.45) is 5.92 Å². The van der Waals surface area contributed by atoms with Crippen molar-refractivity contribution in [3.05, 3.63) is 29.3 Å². The molecule has 2 rings (SSSR count). The van der Waals surface area contributed by atoms with Crippen LogP contribution >= 0.6 is 0 Å². The molecule has 2 atom stereocenters. The minimum Gasteiger partial charge on any atom is -0.396 e. The fourth-order valence-electron chi connectivity index (χ4n) is 3.13. The van der Waals surface area contributed by atoms with Gasteiger partial charge in [-0.1, -0.05) is 12.5 Å². The number of hydrogen-bond acceptors (Lipinski definition) is 4. The molecule has 1 aromatic carbocycles. The van der Waals surface area contributed by atoms with Crippen LogP contribution in [0.5, 0.6) is 0 Å². The predicted octanol–water partition coefficient (Wildman–Crippen LogP) is 1.68. The standard InChI is InChI=1S/C16H23NO4S/c1-11-6-7-13(10-15(11)22(2,20)21)16(19)17-14-5-3-4-12(14)8-9-18/h6-7,10,12,14,18H,3-5,8-9H2,1-2H3,(H,17,19). The second kappa shape index (κ2) is 6.79. The van der Waals surface area contributed by atoms with Crippen molar-refractivity contribution in [1.82, 2.24) is 5.32 Å². The Kier molecular flexibility index (Phi) is 5.24. The summed E-state index contributed by atoms with van der Waals surface area (Å²) in [4.78, 5) is 12.6. The lowest BCUT2D eigenvalue weighted by atomic mass is 9.99. The molecule has 0 aliphatic heterocycles. The van der Waals surface area contributed by atoms with E-state index in [2.05, 4.69) is 5.32 Å². The quantitative estimate of drug-likeness (QED) is 0.863. The maximum atomic E-state index is 12.4. The van der Waals surface area contributed by atoms with E-state index in [0.717, 1.165) is 25.5 Å². The van der Waals surface area contributed by atoms with Gasteiger partial charge in [0.1, 0.15) is 0 Å². The Morgan fingerprint density at radius 3 is 2.73 bits per heavy atom. The number of benzene rings is 1. The number of nitrogens with one attached hydrogen (secondary N) is 1. The van der Waals surface area contributed by atoms with Gasteiger partial charge in [-0.2, -0.15) is 0 Å². The summed E-state index contributed by atoms with van der Waals surface area (Å²) in [5.41, 5.74) is 0.999. The van der Waals surface area contributed by atoms with Crippen LogP contribution < -0.4 is 5.32 Å². The zero-order valence-electron chi connectivity index (χ0n) is 13.0. The molecule has 1 amide bonds. The van der Waals surface area contributed by atoms with E-state index < -0.39 is 9.84 Å². The van der Waals surface area contributed by atoms with Gasteiger partial charge in [0.05, 0.1) is 4.90 Å². The molecule has 122 valence electrons. The number of carbonyl (C=O) groups is 1. The molecule has 1 fully saturated rings. The molecule has 0 spiro atoms. The van der Waals surface area contributed by atoms with E-state index in [4.69, 9.17) is 5.11 Å². The van der Waals surface area contributed by atoms with E-state index in [1.807, 2.05) is 0 Å².